The fourth-order valence-electron chi connectivity index (χ4n) is 0.619. The minimum absolute atomic E-state index is 0.806. The van der Waals surface area contributed by atoms with Gasteiger partial charge in [-0.15, -0.1) is 0 Å². The molecule has 0 rings (SSSR count). The highest BCUT2D eigenvalue weighted by molar-refractivity contribution is 6.22. The summed E-state index contributed by atoms with van der Waals surface area (Å²) in [5, 5.41) is 8.44. The lowest BCUT2D eigenvalue weighted by Crippen LogP contribution is -2.29. The molecular weight excluding hydrogens is 160 g/mol. The number of aliphatic carboxylic acids is 1. The Bertz CT molecular complexity index is 232. The van der Waals surface area contributed by atoms with Crippen LogP contribution in [0, 0.1) is 5.92 Å². The first-order valence-corrected chi connectivity index (χ1v) is 3.10. The molecule has 0 fully saturated rings. The number of carbonyl (C=O) groups is 3. The van der Waals surface area contributed by atoms with Crippen LogP contribution in [0.15, 0.2) is 25.3 Å². The zero-order valence-electron chi connectivity index (χ0n) is 6.32. The molecule has 12 heavy (non-hydrogen) atoms. The molecule has 64 valence electrons. The van der Waals surface area contributed by atoms with Crippen LogP contribution in [0.4, 0.5) is 0 Å². The highest BCUT2D eigenvalue weighted by Crippen LogP contribution is 2.02. The van der Waals surface area contributed by atoms with E-state index in [1.54, 1.807) is 0 Å². The largest absolute Gasteiger partial charge is 0.480 e. The van der Waals surface area contributed by atoms with Gasteiger partial charge in [0.2, 0.25) is 0 Å². The summed E-state index contributed by atoms with van der Waals surface area (Å²) in [6, 6.07) is 0. The van der Waals surface area contributed by atoms with E-state index in [-0.39, 0.29) is 0 Å². The minimum atomic E-state index is -1.68. The third-order valence-corrected chi connectivity index (χ3v) is 1.22. The van der Waals surface area contributed by atoms with Gasteiger partial charge in [0.15, 0.2) is 17.5 Å². The Hall–Kier alpha value is -1.71. The molecule has 0 aliphatic rings. The van der Waals surface area contributed by atoms with Crippen molar-refractivity contribution in [1.82, 2.24) is 0 Å². The van der Waals surface area contributed by atoms with Crippen LogP contribution in [0.1, 0.15) is 0 Å². The Morgan fingerprint density at radius 2 is 1.42 bits per heavy atom. The standard InChI is InChI=1S/C8H8O4/c1-3-5(9)7(8(11)12)6(10)4-2/h3-4,7H,1-2H2,(H,11,12). The average molecular weight is 168 g/mol. The van der Waals surface area contributed by atoms with E-state index in [1.807, 2.05) is 0 Å². The average Bonchev–Trinajstić information content (AvgIpc) is 2.03. The van der Waals surface area contributed by atoms with Crippen molar-refractivity contribution < 1.29 is 19.5 Å². The van der Waals surface area contributed by atoms with Gasteiger partial charge in [0, 0.05) is 0 Å². The van der Waals surface area contributed by atoms with Crippen LogP contribution in [0.25, 0.3) is 0 Å². The molecule has 0 radical (unpaired) electrons. The molecule has 0 aliphatic carbocycles. The number of carbonyl (C=O) groups excluding carboxylic acids is 2. The first-order valence-electron chi connectivity index (χ1n) is 3.10. The Kier molecular flexibility index (Phi) is 3.62. The molecule has 0 unspecified atom stereocenters. The summed E-state index contributed by atoms with van der Waals surface area (Å²) in [4.78, 5) is 31.9. The summed E-state index contributed by atoms with van der Waals surface area (Å²) in [6.45, 7) is 6.16. The van der Waals surface area contributed by atoms with Crippen LogP contribution >= 0.6 is 0 Å². The van der Waals surface area contributed by atoms with Crippen molar-refractivity contribution in [2.75, 3.05) is 0 Å². The van der Waals surface area contributed by atoms with Gasteiger partial charge >= 0.3 is 5.97 Å². The topological polar surface area (TPSA) is 71.4 Å². The van der Waals surface area contributed by atoms with Crippen molar-refractivity contribution in [2.24, 2.45) is 5.92 Å². The molecular formula is C8H8O4. The van der Waals surface area contributed by atoms with E-state index in [1.165, 1.54) is 0 Å². The van der Waals surface area contributed by atoms with Crippen molar-refractivity contribution >= 4 is 17.5 Å². The zero-order chi connectivity index (χ0) is 9.72. The van der Waals surface area contributed by atoms with Gasteiger partial charge in [-0.2, -0.15) is 0 Å². The Balaban J connectivity index is 4.78. The quantitative estimate of drug-likeness (QED) is 0.470. The van der Waals surface area contributed by atoms with E-state index in [9.17, 15) is 14.4 Å². The van der Waals surface area contributed by atoms with Crippen LogP contribution < -0.4 is 0 Å². The fraction of sp³-hybridized carbons (Fsp3) is 0.125. The Morgan fingerprint density at radius 1 is 1.08 bits per heavy atom. The summed E-state index contributed by atoms with van der Waals surface area (Å²) in [7, 11) is 0. The maximum atomic E-state index is 10.8. The molecule has 0 aromatic carbocycles. The molecule has 4 heteroatoms. The van der Waals surface area contributed by atoms with Gasteiger partial charge in [-0.25, -0.2) is 0 Å². The number of rotatable bonds is 5. The van der Waals surface area contributed by atoms with Crippen LogP contribution in [0.3, 0.4) is 0 Å². The van der Waals surface area contributed by atoms with E-state index in [4.69, 9.17) is 5.11 Å². The smallest absolute Gasteiger partial charge is 0.322 e. The molecule has 0 aromatic rings. The third-order valence-electron chi connectivity index (χ3n) is 1.22. The van der Waals surface area contributed by atoms with Crippen LogP contribution in [-0.4, -0.2) is 22.6 Å². The number of carboxylic acid groups (broad SMARTS) is 1. The van der Waals surface area contributed by atoms with Crippen molar-refractivity contribution in [2.45, 2.75) is 0 Å². The number of ketones is 2. The maximum Gasteiger partial charge on any atom is 0.322 e. The second-order valence-corrected chi connectivity index (χ2v) is 1.98. The van der Waals surface area contributed by atoms with E-state index in [0.29, 0.717) is 0 Å². The molecule has 0 amide bonds. The molecule has 0 saturated heterocycles. The molecule has 0 aromatic heterocycles. The van der Waals surface area contributed by atoms with Gasteiger partial charge in [-0.05, 0) is 12.2 Å². The highest BCUT2D eigenvalue weighted by Gasteiger charge is 2.29. The van der Waals surface area contributed by atoms with Gasteiger partial charge < -0.3 is 5.11 Å². The van der Waals surface area contributed by atoms with Crippen molar-refractivity contribution in [3.05, 3.63) is 25.3 Å². The molecule has 0 heterocycles. The minimum Gasteiger partial charge on any atom is -0.480 e. The molecule has 0 aliphatic heterocycles. The molecule has 0 atom stereocenters. The van der Waals surface area contributed by atoms with Crippen LogP contribution in [0.2, 0.25) is 0 Å². The third kappa shape index (κ3) is 2.16. The van der Waals surface area contributed by atoms with Gasteiger partial charge in [0.25, 0.3) is 0 Å². The summed E-state index contributed by atoms with van der Waals surface area (Å²) in [5.41, 5.74) is 0. The lowest BCUT2D eigenvalue weighted by atomic mass is 9.99. The number of hydrogen-bond donors (Lipinski definition) is 1. The van der Waals surface area contributed by atoms with Crippen LogP contribution in [0.5, 0.6) is 0 Å². The number of hydrogen-bond acceptors (Lipinski definition) is 3. The van der Waals surface area contributed by atoms with Crippen LogP contribution in [-0.2, 0) is 14.4 Å². The second kappa shape index (κ2) is 4.23. The van der Waals surface area contributed by atoms with Gasteiger partial charge in [-0.1, -0.05) is 13.2 Å². The predicted molar refractivity (Wildman–Crippen MR) is 41.5 cm³/mol. The van der Waals surface area contributed by atoms with Crippen molar-refractivity contribution in [1.29, 1.82) is 0 Å². The number of allylic oxidation sites excluding steroid dienone is 2. The van der Waals surface area contributed by atoms with E-state index in [0.717, 1.165) is 12.2 Å². The number of carboxylic acids is 1. The molecule has 0 bridgehead atoms. The van der Waals surface area contributed by atoms with E-state index < -0.39 is 23.5 Å². The highest BCUT2D eigenvalue weighted by atomic mass is 16.4. The first-order chi connectivity index (χ1) is 5.54. The lowest BCUT2D eigenvalue weighted by molar-refractivity contribution is -0.148. The Labute approximate surface area is 69.2 Å². The van der Waals surface area contributed by atoms with Gasteiger partial charge in [0.1, 0.15) is 0 Å². The van der Waals surface area contributed by atoms with Gasteiger partial charge in [0.05, 0.1) is 0 Å². The van der Waals surface area contributed by atoms with Crippen molar-refractivity contribution in [3.63, 3.8) is 0 Å². The molecule has 1 N–H and O–H groups in total. The maximum absolute atomic E-state index is 10.8. The van der Waals surface area contributed by atoms with Crippen molar-refractivity contribution in [3.8, 4) is 0 Å². The normalized spacial score (nSPS) is 9.08. The molecule has 0 saturated carbocycles. The van der Waals surface area contributed by atoms with E-state index >= 15 is 0 Å². The lowest BCUT2D eigenvalue weighted by Gasteiger charge is -2.02. The monoisotopic (exact) mass is 168 g/mol. The summed E-state index contributed by atoms with van der Waals surface area (Å²) >= 11 is 0. The zero-order valence-corrected chi connectivity index (χ0v) is 6.32. The van der Waals surface area contributed by atoms with Gasteiger partial charge in [-0.3, -0.25) is 14.4 Å². The van der Waals surface area contributed by atoms with E-state index in [2.05, 4.69) is 13.2 Å². The fourth-order valence-corrected chi connectivity index (χ4v) is 0.619. The first kappa shape index (κ1) is 10.3. The molecule has 4 nitrogen and oxygen atoms in total. The SMILES string of the molecule is C=CC(=O)C(C(=O)O)C(=O)C=C. The predicted octanol–water partition coefficient (Wildman–Crippen LogP) is 0.197. The summed E-state index contributed by atoms with van der Waals surface area (Å²) < 4.78 is 0. The second-order valence-electron chi connectivity index (χ2n) is 1.98. The molecule has 0 spiro atoms. The summed E-state index contributed by atoms with van der Waals surface area (Å²) in [5.74, 6) is -4.82. The summed E-state index contributed by atoms with van der Waals surface area (Å²) in [6.07, 6.45) is 1.61. The Morgan fingerprint density at radius 3 is 1.58 bits per heavy atom.